The van der Waals surface area contributed by atoms with Crippen molar-refractivity contribution in [3.05, 3.63) is 29.7 Å². The van der Waals surface area contributed by atoms with Gasteiger partial charge in [0, 0.05) is 11.2 Å². The third kappa shape index (κ3) is 0.855. The molecule has 0 aliphatic carbocycles. The minimum absolute atomic E-state index is 0.375. The molecule has 0 amide bonds. The number of nitrogens with zero attached hydrogens (tertiary/aromatic N) is 2. The van der Waals surface area contributed by atoms with E-state index in [0.29, 0.717) is 4.85 Å². The van der Waals surface area contributed by atoms with Crippen LogP contribution in [0.15, 0.2) is 18.3 Å². The third-order valence-electron chi connectivity index (χ3n) is 0.539. The maximum Gasteiger partial charge on any atom is 0.319 e. The van der Waals surface area contributed by atoms with E-state index in [9.17, 15) is 5.21 Å². The van der Waals surface area contributed by atoms with Gasteiger partial charge in [0.15, 0.2) is 0 Å². The third-order valence-corrected chi connectivity index (χ3v) is 0.539. The molecule has 1 aromatic heterocycles. The van der Waals surface area contributed by atoms with Crippen LogP contribution in [-0.2, 0) is 0 Å². The van der Waals surface area contributed by atoms with Gasteiger partial charge in [-0.15, -0.1) is 0 Å². The first-order valence-corrected chi connectivity index (χ1v) is 1.82. The summed E-state index contributed by atoms with van der Waals surface area (Å²) in [4.78, 5) is 0.375. The van der Waals surface area contributed by atoms with Crippen LogP contribution in [0.3, 0.4) is 0 Å². The van der Waals surface area contributed by atoms with Crippen LogP contribution in [0.1, 0.15) is 0 Å². The Balaban J connectivity index is 3.02. The van der Waals surface area contributed by atoms with Gasteiger partial charge in [-0.3, -0.25) is 0 Å². The second kappa shape index (κ2) is 1.55. The minimum atomic E-state index is 0.375. The number of hydrogen-bond acceptors (Lipinski definition) is 2. The van der Waals surface area contributed by atoms with Gasteiger partial charge >= 0.3 is 6.20 Å². The zero-order valence-corrected chi connectivity index (χ0v) is 3.53. The van der Waals surface area contributed by atoms with Gasteiger partial charge in [0.05, 0.1) is 6.20 Å². The summed E-state index contributed by atoms with van der Waals surface area (Å²) in [6.07, 6.45) is 3.69. The van der Waals surface area contributed by atoms with Crippen molar-refractivity contribution in [2.75, 3.05) is 0 Å². The zero-order chi connectivity index (χ0) is 5.11. The predicted molar refractivity (Wildman–Crippen MR) is 22.0 cm³/mol. The second-order valence-electron chi connectivity index (χ2n) is 1.03. The van der Waals surface area contributed by atoms with Crippen LogP contribution in [0.5, 0.6) is 0 Å². The lowest BCUT2D eigenvalue weighted by atomic mass is 10.6. The van der Waals surface area contributed by atoms with Crippen molar-refractivity contribution in [3.63, 3.8) is 0 Å². The molecule has 0 saturated carbocycles. The van der Waals surface area contributed by atoms with Gasteiger partial charge in [-0.1, -0.05) is 0 Å². The second-order valence-corrected chi connectivity index (χ2v) is 1.03. The molecule has 1 heterocycles. The van der Waals surface area contributed by atoms with Crippen molar-refractivity contribution in [2.24, 2.45) is 0 Å². The van der Waals surface area contributed by atoms with Crippen LogP contribution in [0.25, 0.3) is 0 Å². The zero-order valence-electron chi connectivity index (χ0n) is 3.53. The summed E-state index contributed by atoms with van der Waals surface area (Å²) in [5, 5.41) is 13.3. The molecule has 0 atom stereocenters. The van der Waals surface area contributed by atoms with E-state index in [1.54, 1.807) is 6.07 Å². The molecule has 3 nitrogen and oxygen atoms in total. The van der Waals surface area contributed by atoms with E-state index in [0.717, 1.165) is 0 Å². The average molecular weight is 95.1 g/mol. The molecule has 1 rings (SSSR count). The molecule has 0 N–H and O–H groups in total. The van der Waals surface area contributed by atoms with Crippen LogP contribution in [0.4, 0.5) is 0 Å². The van der Waals surface area contributed by atoms with Gasteiger partial charge in [0.1, 0.15) is 0 Å². The van der Waals surface area contributed by atoms with Crippen LogP contribution in [-0.4, -0.2) is 5.10 Å². The first-order valence-electron chi connectivity index (χ1n) is 1.82. The van der Waals surface area contributed by atoms with Gasteiger partial charge in [0.2, 0.25) is 0 Å². The Morgan fingerprint density at radius 3 is 2.86 bits per heavy atom. The Bertz CT molecular complexity index is 140. The molecule has 0 spiro atoms. The lowest BCUT2D eigenvalue weighted by Crippen LogP contribution is -2.29. The van der Waals surface area contributed by atoms with Crippen molar-refractivity contribution in [3.8, 4) is 0 Å². The summed E-state index contributed by atoms with van der Waals surface area (Å²) in [6, 6.07) is 3.13. The molecule has 35 valence electrons. The highest BCUT2D eigenvalue weighted by atomic mass is 16.5. The van der Waals surface area contributed by atoms with Crippen molar-refractivity contribution in [1.29, 1.82) is 0 Å². The van der Waals surface area contributed by atoms with E-state index in [1.165, 1.54) is 12.3 Å². The lowest BCUT2D eigenvalue weighted by molar-refractivity contribution is -0.673. The minimum Gasteiger partial charge on any atom is -0.594 e. The molecule has 0 aliphatic rings. The van der Waals surface area contributed by atoms with E-state index in [2.05, 4.69) is 11.3 Å². The summed E-state index contributed by atoms with van der Waals surface area (Å²) in [5.74, 6) is 0. The smallest absolute Gasteiger partial charge is 0.319 e. The number of rotatable bonds is 0. The van der Waals surface area contributed by atoms with Crippen molar-refractivity contribution < 1.29 is 4.85 Å². The van der Waals surface area contributed by atoms with Gasteiger partial charge in [0.25, 0.3) is 0 Å². The highest BCUT2D eigenvalue weighted by Crippen LogP contribution is 1.65. The molecule has 0 aromatic carbocycles. The summed E-state index contributed by atoms with van der Waals surface area (Å²) < 4.78 is 0. The Kier molecular flexibility index (Phi) is 0.898. The largest absolute Gasteiger partial charge is 0.594 e. The van der Waals surface area contributed by atoms with Crippen molar-refractivity contribution in [1.82, 2.24) is 5.10 Å². The molecule has 3 heteroatoms. The summed E-state index contributed by atoms with van der Waals surface area (Å²) >= 11 is 0. The topological polar surface area (TPSA) is 39.8 Å². The maximum atomic E-state index is 10.0. The van der Waals surface area contributed by atoms with Gasteiger partial charge in [-0.25, -0.2) is 0 Å². The Hall–Kier alpha value is -1.12. The fourth-order valence-corrected chi connectivity index (χ4v) is 0.282. The molecular formula is C4H3N2O. The highest BCUT2D eigenvalue weighted by Gasteiger charge is 1.79. The van der Waals surface area contributed by atoms with Crippen LogP contribution >= 0.6 is 0 Å². The number of aromatic nitrogens is 2. The van der Waals surface area contributed by atoms with Crippen LogP contribution in [0, 0.1) is 11.4 Å². The normalized spacial score (nSPS) is 8.57. The van der Waals surface area contributed by atoms with Crippen LogP contribution < -0.4 is 4.85 Å². The maximum absolute atomic E-state index is 10.0. The average Bonchev–Trinajstić information content (AvgIpc) is 1.69. The quantitative estimate of drug-likeness (QED) is 0.322. The molecule has 7 heavy (non-hydrogen) atoms. The molecule has 0 aliphatic heterocycles. The monoisotopic (exact) mass is 95.0 g/mol. The van der Waals surface area contributed by atoms with E-state index >= 15 is 0 Å². The van der Waals surface area contributed by atoms with Gasteiger partial charge < -0.3 is 5.21 Å². The predicted octanol–water partition coefficient (Wildman–Crippen LogP) is -0.485. The SMILES string of the molecule is [O-][n+]1[c]cccn1. The molecule has 1 aromatic rings. The van der Waals surface area contributed by atoms with Crippen molar-refractivity contribution >= 4 is 0 Å². The van der Waals surface area contributed by atoms with Gasteiger partial charge in [-0.05, 0) is 10.9 Å². The molecule has 0 saturated heterocycles. The lowest BCUT2D eigenvalue weighted by Gasteiger charge is -1.82. The molecular weight excluding hydrogens is 92.1 g/mol. The fraction of sp³-hybridized carbons (Fsp3) is 0. The first-order chi connectivity index (χ1) is 3.39. The molecule has 0 fully saturated rings. The summed E-state index contributed by atoms with van der Waals surface area (Å²) in [5.41, 5.74) is 0. The summed E-state index contributed by atoms with van der Waals surface area (Å²) in [7, 11) is 0. The Morgan fingerprint density at radius 1 is 1.71 bits per heavy atom. The Labute approximate surface area is 40.8 Å². The molecule has 1 radical (unpaired) electrons. The first kappa shape index (κ1) is 4.05. The van der Waals surface area contributed by atoms with Gasteiger partial charge in [-0.2, -0.15) is 0 Å². The standard InChI is InChI=1S/C4H3N2O/c7-6-4-2-1-3-5-6/h1-3H. The van der Waals surface area contributed by atoms with E-state index in [1.807, 2.05) is 0 Å². The van der Waals surface area contributed by atoms with Crippen LogP contribution in [0.2, 0.25) is 0 Å². The van der Waals surface area contributed by atoms with E-state index in [4.69, 9.17) is 0 Å². The molecule has 0 bridgehead atoms. The highest BCUT2D eigenvalue weighted by molar-refractivity contribution is 4.75. The fourth-order valence-electron chi connectivity index (χ4n) is 0.282. The number of hydrogen-bond donors (Lipinski definition) is 0. The van der Waals surface area contributed by atoms with E-state index < -0.39 is 0 Å². The van der Waals surface area contributed by atoms with E-state index in [-0.39, 0.29) is 0 Å². The molecule has 0 unspecified atom stereocenters. The van der Waals surface area contributed by atoms with Crippen molar-refractivity contribution in [2.45, 2.75) is 0 Å². The summed E-state index contributed by atoms with van der Waals surface area (Å²) in [6.45, 7) is 0. The Morgan fingerprint density at radius 2 is 2.57 bits per heavy atom.